The van der Waals surface area contributed by atoms with Gasteiger partial charge < -0.3 is 5.32 Å². The van der Waals surface area contributed by atoms with Crippen LogP contribution in [-0.2, 0) is 20.0 Å². The van der Waals surface area contributed by atoms with Crippen LogP contribution in [0, 0.1) is 0 Å². The van der Waals surface area contributed by atoms with Crippen molar-refractivity contribution in [3.8, 4) is 11.3 Å². The number of aromatic nitrogens is 2. The number of benzene rings is 2. The standard InChI is InChI=1S/C18H19N5O4S2/c1-2-28(24,25)23-15-5-3-13(4-6-15)17-11-12-20-18(22-17)21-14-7-9-16(10-8-14)29(19,26)27/h3-12,23H,2H2,1H3,(H2,19,26,27)(H,20,21,22). The second-order valence-electron chi connectivity index (χ2n) is 6.04. The number of sulfonamides is 2. The maximum Gasteiger partial charge on any atom is 0.238 e. The van der Waals surface area contributed by atoms with E-state index in [0.717, 1.165) is 5.56 Å². The number of nitrogens with one attached hydrogen (secondary N) is 2. The van der Waals surface area contributed by atoms with E-state index in [-0.39, 0.29) is 10.6 Å². The van der Waals surface area contributed by atoms with Gasteiger partial charge >= 0.3 is 0 Å². The molecule has 0 saturated carbocycles. The minimum absolute atomic E-state index is 0.00607. The zero-order chi connectivity index (χ0) is 21.1. The molecule has 0 aliphatic rings. The lowest BCUT2D eigenvalue weighted by Crippen LogP contribution is -2.14. The van der Waals surface area contributed by atoms with Gasteiger partial charge in [0.25, 0.3) is 0 Å². The lowest BCUT2D eigenvalue weighted by molar-refractivity contribution is 0.597. The Hall–Kier alpha value is -3.02. The highest BCUT2D eigenvalue weighted by molar-refractivity contribution is 7.92. The lowest BCUT2D eigenvalue weighted by atomic mass is 10.1. The first kappa shape index (κ1) is 20.7. The largest absolute Gasteiger partial charge is 0.324 e. The number of primary sulfonamides is 1. The number of anilines is 3. The van der Waals surface area contributed by atoms with Crippen LogP contribution in [0.1, 0.15) is 6.92 Å². The van der Waals surface area contributed by atoms with Crippen molar-refractivity contribution >= 4 is 37.4 Å². The van der Waals surface area contributed by atoms with Gasteiger partial charge in [-0.15, -0.1) is 0 Å². The molecule has 0 amide bonds. The molecule has 0 bridgehead atoms. The van der Waals surface area contributed by atoms with Crippen LogP contribution < -0.4 is 15.2 Å². The van der Waals surface area contributed by atoms with Gasteiger partial charge in [0.15, 0.2) is 0 Å². The maximum atomic E-state index is 11.6. The second-order valence-corrected chi connectivity index (χ2v) is 9.62. The summed E-state index contributed by atoms with van der Waals surface area (Å²) >= 11 is 0. The van der Waals surface area contributed by atoms with Crippen LogP contribution in [0.25, 0.3) is 11.3 Å². The molecule has 0 aliphatic heterocycles. The van der Waals surface area contributed by atoms with Crippen molar-refractivity contribution in [3.63, 3.8) is 0 Å². The first-order chi connectivity index (χ1) is 13.7. The van der Waals surface area contributed by atoms with Gasteiger partial charge in [-0.25, -0.2) is 31.9 Å². The summed E-state index contributed by atoms with van der Waals surface area (Å²) in [6.45, 7) is 1.56. The van der Waals surface area contributed by atoms with E-state index < -0.39 is 20.0 Å². The summed E-state index contributed by atoms with van der Waals surface area (Å²) < 4.78 is 48.4. The van der Waals surface area contributed by atoms with Gasteiger partial charge in [-0.3, -0.25) is 4.72 Å². The third-order valence-corrected chi connectivity index (χ3v) is 6.16. The Bertz CT molecular complexity index is 1210. The van der Waals surface area contributed by atoms with Gasteiger partial charge in [0.1, 0.15) is 0 Å². The number of nitrogens with two attached hydrogens (primary N) is 1. The molecule has 2 aromatic carbocycles. The SMILES string of the molecule is CCS(=O)(=O)Nc1ccc(-c2ccnc(Nc3ccc(S(N)(=O)=O)cc3)n2)cc1. The fraction of sp³-hybridized carbons (Fsp3) is 0.111. The molecule has 1 aromatic heterocycles. The van der Waals surface area contributed by atoms with Crippen LogP contribution in [0.5, 0.6) is 0 Å². The molecule has 9 nitrogen and oxygen atoms in total. The topological polar surface area (TPSA) is 144 Å². The normalized spacial score (nSPS) is 11.8. The highest BCUT2D eigenvalue weighted by Gasteiger charge is 2.09. The van der Waals surface area contributed by atoms with Crippen LogP contribution >= 0.6 is 0 Å². The molecular formula is C18H19N5O4S2. The van der Waals surface area contributed by atoms with E-state index >= 15 is 0 Å². The Morgan fingerprint density at radius 2 is 1.52 bits per heavy atom. The highest BCUT2D eigenvalue weighted by atomic mass is 32.2. The summed E-state index contributed by atoms with van der Waals surface area (Å²) in [4.78, 5) is 8.59. The van der Waals surface area contributed by atoms with Crippen LogP contribution in [0.4, 0.5) is 17.3 Å². The average Bonchev–Trinajstić information content (AvgIpc) is 2.68. The smallest absolute Gasteiger partial charge is 0.238 e. The van der Waals surface area contributed by atoms with E-state index in [0.29, 0.717) is 23.0 Å². The van der Waals surface area contributed by atoms with Gasteiger partial charge in [-0.05, 0) is 49.4 Å². The fourth-order valence-electron chi connectivity index (χ4n) is 2.40. The summed E-state index contributed by atoms with van der Waals surface area (Å²) in [5.74, 6) is 0.315. The maximum absolute atomic E-state index is 11.6. The Balaban J connectivity index is 1.77. The van der Waals surface area contributed by atoms with Crippen LogP contribution in [0.3, 0.4) is 0 Å². The molecule has 4 N–H and O–H groups in total. The number of nitrogens with zero attached hydrogens (tertiary/aromatic N) is 2. The molecule has 0 aliphatic carbocycles. The molecule has 3 aromatic rings. The monoisotopic (exact) mass is 433 g/mol. The molecule has 0 spiro atoms. The Kier molecular flexibility index (Phi) is 5.82. The lowest BCUT2D eigenvalue weighted by Gasteiger charge is -2.09. The van der Waals surface area contributed by atoms with Crippen molar-refractivity contribution in [1.82, 2.24) is 9.97 Å². The Labute approximate surface area is 169 Å². The minimum atomic E-state index is -3.75. The molecule has 0 atom stereocenters. The van der Waals surface area contributed by atoms with E-state index in [9.17, 15) is 16.8 Å². The van der Waals surface area contributed by atoms with Crippen molar-refractivity contribution in [2.24, 2.45) is 5.14 Å². The molecule has 0 fully saturated rings. The first-order valence-corrected chi connectivity index (χ1v) is 11.7. The second kappa shape index (κ2) is 8.15. The van der Waals surface area contributed by atoms with Crippen LogP contribution in [0.2, 0.25) is 0 Å². The summed E-state index contributed by atoms with van der Waals surface area (Å²) in [5, 5.41) is 8.08. The van der Waals surface area contributed by atoms with Crippen molar-refractivity contribution in [3.05, 3.63) is 60.8 Å². The van der Waals surface area contributed by atoms with E-state index in [1.807, 2.05) is 0 Å². The summed E-state index contributed by atoms with van der Waals surface area (Å²) in [6, 6.07) is 14.4. The van der Waals surface area contributed by atoms with Gasteiger partial charge in [-0.1, -0.05) is 12.1 Å². The first-order valence-electron chi connectivity index (χ1n) is 8.50. The summed E-state index contributed by atoms with van der Waals surface area (Å²) in [7, 11) is -7.09. The van der Waals surface area contributed by atoms with Gasteiger partial charge in [0, 0.05) is 23.1 Å². The van der Waals surface area contributed by atoms with E-state index in [1.54, 1.807) is 55.6 Å². The summed E-state index contributed by atoms with van der Waals surface area (Å²) in [5.41, 5.74) is 2.48. The zero-order valence-corrected chi connectivity index (χ0v) is 17.0. The minimum Gasteiger partial charge on any atom is -0.324 e. The molecule has 0 saturated heterocycles. The molecule has 3 rings (SSSR count). The van der Waals surface area contributed by atoms with Crippen molar-refractivity contribution in [1.29, 1.82) is 0 Å². The molecule has 152 valence electrons. The quantitative estimate of drug-likeness (QED) is 0.518. The van der Waals surface area contributed by atoms with Crippen LogP contribution in [0.15, 0.2) is 65.7 Å². The number of hydrogen-bond acceptors (Lipinski definition) is 7. The predicted molar refractivity (Wildman–Crippen MR) is 112 cm³/mol. The molecule has 1 heterocycles. The highest BCUT2D eigenvalue weighted by Crippen LogP contribution is 2.22. The zero-order valence-electron chi connectivity index (χ0n) is 15.4. The molecular weight excluding hydrogens is 414 g/mol. The average molecular weight is 434 g/mol. The fourth-order valence-corrected chi connectivity index (χ4v) is 3.55. The summed E-state index contributed by atoms with van der Waals surface area (Å²) in [6.07, 6.45) is 1.58. The Morgan fingerprint density at radius 1 is 0.897 bits per heavy atom. The van der Waals surface area contributed by atoms with E-state index in [2.05, 4.69) is 20.0 Å². The third kappa shape index (κ3) is 5.50. The van der Waals surface area contributed by atoms with Gasteiger partial charge in [0.05, 0.1) is 16.3 Å². The van der Waals surface area contributed by atoms with Crippen molar-refractivity contribution in [2.45, 2.75) is 11.8 Å². The van der Waals surface area contributed by atoms with Crippen molar-refractivity contribution in [2.75, 3.05) is 15.8 Å². The molecule has 11 heteroatoms. The number of hydrogen-bond donors (Lipinski definition) is 3. The Morgan fingerprint density at radius 3 is 2.10 bits per heavy atom. The molecule has 29 heavy (non-hydrogen) atoms. The third-order valence-electron chi connectivity index (χ3n) is 3.93. The van der Waals surface area contributed by atoms with Crippen LogP contribution in [-0.4, -0.2) is 32.6 Å². The molecule has 0 unspecified atom stereocenters. The number of rotatable bonds is 7. The van der Waals surface area contributed by atoms with E-state index in [4.69, 9.17) is 5.14 Å². The predicted octanol–water partition coefficient (Wildman–Crippen LogP) is 2.30. The molecule has 0 radical (unpaired) electrons. The van der Waals surface area contributed by atoms with E-state index in [1.165, 1.54) is 12.1 Å². The van der Waals surface area contributed by atoms with Crippen molar-refractivity contribution < 1.29 is 16.8 Å². The van der Waals surface area contributed by atoms with Gasteiger partial charge in [0.2, 0.25) is 26.0 Å². The van der Waals surface area contributed by atoms with Gasteiger partial charge in [-0.2, -0.15) is 0 Å².